The van der Waals surface area contributed by atoms with Gasteiger partial charge >= 0.3 is 24.1 Å². The number of benzene rings is 3. The number of carbonyl (C=O) groups excluding carboxylic acids is 4. The number of alkyl halides is 1. The first kappa shape index (κ1) is 46.5. The van der Waals surface area contributed by atoms with E-state index in [0.717, 1.165) is 5.56 Å². The zero-order valence-corrected chi connectivity index (χ0v) is 35.6. The number of halogens is 1. The molecule has 0 spiro atoms. The normalized spacial score (nSPS) is 12.2. The lowest BCUT2D eigenvalue weighted by Gasteiger charge is -2.26. The first-order valence-corrected chi connectivity index (χ1v) is 20.3. The molecule has 2 amide bonds. The van der Waals surface area contributed by atoms with Crippen LogP contribution in [0.1, 0.15) is 76.6 Å². The first-order chi connectivity index (χ1) is 26.6. The Labute approximate surface area is 340 Å². The van der Waals surface area contributed by atoms with E-state index in [0.29, 0.717) is 34.6 Å². The molecule has 0 aromatic heterocycles. The average molecular weight is 832 g/mol. The molecular formula is C41H54ClN3O11S. The minimum Gasteiger partial charge on any atom is -0.460 e. The molecule has 0 aliphatic heterocycles. The fourth-order valence-electron chi connectivity index (χ4n) is 5.69. The second-order valence-electron chi connectivity index (χ2n) is 15.3. The van der Waals surface area contributed by atoms with Crippen molar-refractivity contribution < 1.29 is 50.7 Å². The highest BCUT2D eigenvalue weighted by Crippen LogP contribution is 2.27. The van der Waals surface area contributed by atoms with Crippen molar-refractivity contribution in [3.63, 3.8) is 0 Å². The first-order valence-electron chi connectivity index (χ1n) is 18.4. The van der Waals surface area contributed by atoms with Crippen LogP contribution in [-0.2, 0) is 44.7 Å². The molecule has 3 aromatic rings. The maximum Gasteiger partial charge on any atom is 0.413 e. The summed E-state index contributed by atoms with van der Waals surface area (Å²) in [6.07, 6.45) is -1.91. The molecule has 14 nitrogen and oxygen atoms in total. The number of aryl methyl sites for hydroxylation is 3. The van der Waals surface area contributed by atoms with Gasteiger partial charge in [-0.3, -0.25) is 14.3 Å². The third-order valence-electron chi connectivity index (χ3n) is 7.83. The smallest absolute Gasteiger partial charge is 0.413 e. The van der Waals surface area contributed by atoms with Gasteiger partial charge in [-0.15, -0.1) is 11.6 Å². The van der Waals surface area contributed by atoms with Crippen molar-refractivity contribution in [3.05, 3.63) is 82.9 Å². The second kappa shape index (κ2) is 20.5. The summed E-state index contributed by atoms with van der Waals surface area (Å²) in [7, 11) is -4.03. The Morgan fingerprint density at radius 3 is 2.04 bits per heavy atom. The van der Waals surface area contributed by atoms with Crippen LogP contribution in [0, 0.1) is 20.8 Å². The molecule has 0 bridgehead atoms. The molecule has 3 rings (SSSR count). The standard InChI is InChI=1S/C41H54ClN3O11S/c1-27-24-28(2)36(29(3)25-27)57(50,51)53-23-22-45(21-20-42)34-13-11-10-12-32(34)43-38(48)52-26-30-14-16-31(17-15-30)54-39(49)44-33(37(47)56-41(7,8)9)18-19-35(46)55-40(4,5)6/h10-17,24-25,33H,18-23,26H2,1-9H3,(H,43,48)(H,44,49)/t33-/m0/s1. The minimum atomic E-state index is -4.03. The van der Waals surface area contributed by atoms with Crippen LogP contribution in [0.5, 0.6) is 5.75 Å². The number of rotatable bonds is 17. The molecular weight excluding hydrogens is 778 g/mol. The van der Waals surface area contributed by atoms with Gasteiger partial charge in [-0.2, -0.15) is 8.42 Å². The molecule has 0 fully saturated rings. The van der Waals surface area contributed by atoms with E-state index in [9.17, 15) is 27.6 Å². The molecule has 0 aliphatic carbocycles. The van der Waals surface area contributed by atoms with E-state index in [1.165, 1.54) is 12.1 Å². The van der Waals surface area contributed by atoms with Crippen LogP contribution in [0.4, 0.5) is 21.0 Å². The third kappa shape index (κ3) is 15.9. The van der Waals surface area contributed by atoms with Gasteiger partial charge in [0, 0.05) is 25.4 Å². The molecule has 0 saturated carbocycles. The molecule has 2 N–H and O–H groups in total. The highest BCUT2D eigenvalue weighted by atomic mass is 35.5. The van der Waals surface area contributed by atoms with Gasteiger partial charge in [-0.25, -0.2) is 14.4 Å². The van der Waals surface area contributed by atoms with Crippen LogP contribution >= 0.6 is 11.6 Å². The maximum atomic E-state index is 13.1. The van der Waals surface area contributed by atoms with Gasteiger partial charge in [-0.05, 0) is 110 Å². The third-order valence-corrected chi connectivity index (χ3v) is 9.62. The van der Waals surface area contributed by atoms with Crippen LogP contribution < -0.4 is 20.3 Å². The van der Waals surface area contributed by atoms with E-state index in [-0.39, 0.29) is 49.1 Å². The second-order valence-corrected chi connectivity index (χ2v) is 17.2. The van der Waals surface area contributed by atoms with Gasteiger partial charge in [0.05, 0.1) is 22.9 Å². The summed E-state index contributed by atoms with van der Waals surface area (Å²) < 4.78 is 53.2. The average Bonchev–Trinajstić information content (AvgIpc) is 3.07. The lowest BCUT2D eigenvalue weighted by atomic mass is 10.1. The number of hydrogen-bond acceptors (Lipinski definition) is 12. The van der Waals surface area contributed by atoms with Crippen LogP contribution in [-0.4, -0.2) is 75.4 Å². The molecule has 3 aromatic carbocycles. The summed E-state index contributed by atoms with van der Waals surface area (Å²) in [5, 5.41) is 5.20. The lowest BCUT2D eigenvalue weighted by molar-refractivity contribution is -0.158. The quantitative estimate of drug-likeness (QED) is 0.0587. The van der Waals surface area contributed by atoms with Crippen LogP contribution in [0.2, 0.25) is 0 Å². The highest BCUT2D eigenvalue weighted by Gasteiger charge is 2.29. The van der Waals surface area contributed by atoms with Gasteiger partial charge in [0.1, 0.15) is 29.6 Å². The number of anilines is 2. The Balaban J connectivity index is 1.58. The van der Waals surface area contributed by atoms with E-state index in [1.807, 2.05) is 6.92 Å². The Kier molecular flexibility index (Phi) is 16.8. The number of carbonyl (C=O) groups is 4. The summed E-state index contributed by atoms with van der Waals surface area (Å²) in [5.41, 5.74) is 2.18. The van der Waals surface area contributed by atoms with Gasteiger partial charge in [0.2, 0.25) is 0 Å². The molecule has 57 heavy (non-hydrogen) atoms. The fraction of sp³-hybridized carbons (Fsp3) is 0.463. The van der Waals surface area contributed by atoms with Crippen molar-refractivity contribution in [2.24, 2.45) is 0 Å². The van der Waals surface area contributed by atoms with E-state index in [2.05, 4.69) is 10.6 Å². The predicted molar refractivity (Wildman–Crippen MR) is 217 cm³/mol. The lowest BCUT2D eigenvalue weighted by Crippen LogP contribution is -2.45. The van der Waals surface area contributed by atoms with E-state index in [1.54, 1.807) is 109 Å². The van der Waals surface area contributed by atoms with E-state index >= 15 is 0 Å². The van der Waals surface area contributed by atoms with Crippen molar-refractivity contribution in [2.75, 3.05) is 35.8 Å². The van der Waals surface area contributed by atoms with Crippen LogP contribution in [0.3, 0.4) is 0 Å². The largest absolute Gasteiger partial charge is 0.460 e. The zero-order chi connectivity index (χ0) is 42.6. The minimum absolute atomic E-state index is 0.0702. The number of nitrogens with one attached hydrogen (secondary N) is 2. The van der Waals surface area contributed by atoms with Crippen molar-refractivity contribution in [3.8, 4) is 5.75 Å². The van der Waals surface area contributed by atoms with Gasteiger partial charge in [0.15, 0.2) is 0 Å². The summed E-state index contributed by atoms with van der Waals surface area (Å²) >= 11 is 6.10. The summed E-state index contributed by atoms with van der Waals surface area (Å²) in [6, 6.07) is 15.5. The number of amides is 2. The van der Waals surface area contributed by atoms with E-state index < -0.39 is 51.5 Å². The number of ether oxygens (including phenoxy) is 4. The Morgan fingerprint density at radius 2 is 1.44 bits per heavy atom. The summed E-state index contributed by atoms with van der Waals surface area (Å²) in [5.74, 6) is -0.895. The number of hydrogen-bond donors (Lipinski definition) is 2. The fourth-order valence-corrected chi connectivity index (χ4v) is 7.21. The Morgan fingerprint density at radius 1 is 0.825 bits per heavy atom. The number of nitrogens with zero attached hydrogens (tertiary/aromatic N) is 1. The maximum absolute atomic E-state index is 13.1. The van der Waals surface area contributed by atoms with Crippen LogP contribution in [0.25, 0.3) is 0 Å². The van der Waals surface area contributed by atoms with Gasteiger partial charge in [-0.1, -0.05) is 42.0 Å². The SMILES string of the molecule is Cc1cc(C)c(S(=O)(=O)OCCN(CCCl)c2ccccc2NC(=O)OCc2ccc(OC(=O)N[C@@H](CCC(=O)OC(C)(C)C)C(=O)OC(C)(C)C)cc2)c(C)c1. The molecule has 0 radical (unpaired) electrons. The van der Waals surface area contributed by atoms with Crippen molar-refractivity contribution in [1.29, 1.82) is 0 Å². The number of para-hydroxylation sites is 2. The van der Waals surface area contributed by atoms with Crippen molar-refractivity contribution in [2.45, 2.75) is 104 Å². The number of esters is 2. The summed E-state index contributed by atoms with van der Waals surface area (Å²) in [4.78, 5) is 52.7. The van der Waals surface area contributed by atoms with Crippen molar-refractivity contribution in [1.82, 2.24) is 5.32 Å². The molecule has 1 atom stereocenters. The Bertz CT molecular complexity index is 1950. The zero-order valence-electron chi connectivity index (χ0n) is 34.0. The summed E-state index contributed by atoms with van der Waals surface area (Å²) in [6.45, 7) is 15.8. The van der Waals surface area contributed by atoms with Gasteiger partial charge in [0.25, 0.3) is 10.1 Å². The highest BCUT2D eigenvalue weighted by molar-refractivity contribution is 7.86. The predicted octanol–water partition coefficient (Wildman–Crippen LogP) is 7.73. The topological polar surface area (TPSA) is 176 Å². The van der Waals surface area contributed by atoms with Crippen molar-refractivity contribution >= 4 is 57.2 Å². The van der Waals surface area contributed by atoms with E-state index in [4.69, 9.17) is 34.7 Å². The molecule has 16 heteroatoms. The van der Waals surface area contributed by atoms with Gasteiger partial charge < -0.3 is 29.2 Å². The molecule has 0 heterocycles. The Hall–Kier alpha value is -4.86. The molecule has 0 unspecified atom stereocenters. The van der Waals surface area contributed by atoms with Crippen LogP contribution in [0.15, 0.2) is 65.6 Å². The molecule has 0 aliphatic rings. The monoisotopic (exact) mass is 831 g/mol. The molecule has 0 saturated heterocycles. The molecule has 312 valence electrons.